The fourth-order valence-corrected chi connectivity index (χ4v) is 1.26. The highest BCUT2D eigenvalue weighted by Crippen LogP contribution is 2.22. The molecule has 0 radical (unpaired) electrons. The summed E-state index contributed by atoms with van der Waals surface area (Å²) in [7, 11) is 0. The first-order chi connectivity index (χ1) is 6.70. The third-order valence-corrected chi connectivity index (χ3v) is 2.06. The first-order valence-corrected chi connectivity index (χ1v) is 5.18. The molecule has 0 saturated heterocycles. The summed E-state index contributed by atoms with van der Waals surface area (Å²) in [6.45, 7) is 5.69. The van der Waals surface area contributed by atoms with E-state index in [0.717, 1.165) is 12.3 Å². The molecule has 0 aromatic heterocycles. The van der Waals surface area contributed by atoms with Crippen LogP contribution in [0.3, 0.4) is 0 Å². The van der Waals surface area contributed by atoms with Crippen LogP contribution >= 0.6 is 24.0 Å². The summed E-state index contributed by atoms with van der Waals surface area (Å²) in [5, 5.41) is 3.93. The highest BCUT2D eigenvalue weighted by Gasteiger charge is 1.98. The predicted octanol–water partition coefficient (Wildman–Crippen LogP) is 3.14. The Morgan fingerprint density at radius 2 is 2.00 bits per heavy atom. The molecule has 0 aliphatic carbocycles. The Kier molecular flexibility index (Phi) is 7.57. The lowest BCUT2D eigenvalue weighted by molar-refractivity contribution is 0.309. The van der Waals surface area contributed by atoms with E-state index in [1.165, 1.54) is 0 Å². The number of halogens is 2. The molecule has 0 bridgehead atoms. The molecule has 0 unspecified atom stereocenters. The van der Waals surface area contributed by atoms with Crippen molar-refractivity contribution in [3.63, 3.8) is 0 Å². The van der Waals surface area contributed by atoms with Gasteiger partial charge in [0.1, 0.15) is 12.4 Å². The zero-order valence-corrected chi connectivity index (χ0v) is 10.6. The standard InChI is InChI=1S/C11H16ClNO.ClH/c1-9(2)13-7-8-14-11-6-4-3-5-10(11)12;/h3-6,9,13H,7-8H2,1-2H3;1H. The molecule has 1 N–H and O–H groups in total. The van der Waals surface area contributed by atoms with E-state index in [2.05, 4.69) is 19.2 Å². The molecule has 2 nitrogen and oxygen atoms in total. The van der Waals surface area contributed by atoms with Crippen molar-refractivity contribution in [3.8, 4) is 5.75 Å². The summed E-state index contributed by atoms with van der Waals surface area (Å²) in [6, 6.07) is 7.99. The average Bonchev–Trinajstić information content (AvgIpc) is 2.15. The number of nitrogens with one attached hydrogen (secondary N) is 1. The van der Waals surface area contributed by atoms with Crippen LogP contribution in [0.15, 0.2) is 24.3 Å². The van der Waals surface area contributed by atoms with Gasteiger partial charge in [-0.15, -0.1) is 12.4 Å². The number of ether oxygens (including phenoxy) is 1. The van der Waals surface area contributed by atoms with Crippen LogP contribution in [0.5, 0.6) is 5.75 Å². The van der Waals surface area contributed by atoms with Gasteiger partial charge in [-0.1, -0.05) is 37.6 Å². The third kappa shape index (κ3) is 5.88. The van der Waals surface area contributed by atoms with Crippen LogP contribution in [0.1, 0.15) is 13.8 Å². The minimum absolute atomic E-state index is 0. The molecule has 0 aliphatic heterocycles. The maximum Gasteiger partial charge on any atom is 0.137 e. The average molecular weight is 250 g/mol. The highest BCUT2D eigenvalue weighted by atomic mass is 35.5. The minimum atomic E-state index is 0. The molecule has 1 rings (SSSR count). The summed E-state index contributed by atoms with van der Waals surface area (Å²) < 4.78 is 5.49. The molecule has 1 aromatic carbocycles. The Balaban J connectivity index is 0.00000196. The van der Waals surface area contributed by atoms with Gasteiger partial charge < -0.3 is 10.1 Å². The van der Waals surface area contributed by atoms with E-state index in [-0.39, 0.29) is 12.4 Å². The van der Waals surface area contributed by atoms with Crippen molar-refractivity contribution < 1.29 is 4.74 Å². The van der Waals surface area contributed by atoms with Gasteiger partial charge in [-0.05, 0) is 12.1 Å². The quantitative estimate of drug-likeness (QED) is 0.810. The van der Waals surface area contributed by atoms with E-state index in [1.54, 1.807) is 0 Å². The molecule has 0 fully saturated rings. The minimum Gasteiger partial charge on any atom is -0.491 e. The van der Waals surface area contributed by atoms with E-state index < -0.39 is 0 Å². The predicted molar refractivity (Wildman–Crippen MR) is 67.3 cm³/mol. The SMILES string of the molecule is CC(C)NCCOc1ccccc1Cl.Cl. The van der Waals surface area contributed by atoms with E-state index in [9.17, 15) is 0 Å². The van der Waals surface area contributed by atoms with Gasteiger partial charge >= 0.3 is 0 Å². The van der Waals surface area contributed by atoms with Gasteiger partial charge in [0.2, 0.25) is 0 Å². The Morgan fingerprint density at radius 3 is 2.60 bits per heavy atom. The lowest BCUT2D eigenvalue weighted by Crippen LogP contribution is -2.27. The molecular weight excluding hydrogens is 233 g/mol. The van der Waals surface area contributed by atoms with Crippen molar-refractivity contribution in [1.29, 1.82) is 0 Å². The van der Waals surface area contributed by atoms with Gasteiger partial charge in [-0.3, -0.25) is 0 Å². The second-order valence-electron chi connectivity index (χ2n) is 3.39. The molecule has 15 heavy (non-hydrogen) atoms. The number of para-hydroxylation sites is 1. The van der Waals surface area contributed by atoms with Crippen molar-refractivity contribution >= 4 is 24.0 Å². The molecule has 0 aliphatic rings. The lowest BCUT2D eigenvalue weighted by Gasteiger charge is -2.10. The summed E-state index contributed by atoms with van der Waals surface area (Å²) in [4.78, 5) is 0. The monoisotopic (exact) mass is 249 g/mol. The van der Waals surface area contributed by atoms with Gasteiger partial charge in [-0.25, -0.2) is 0 Å². The summed E-state index contributed by atoms with van der Waals surface area (Å²) in [5.74, 6) is 0.750. The van der Waals surface area contributed by atoms with Crippen LogP contribution in [0, 0.1) is 0 Å². The topological polar surface area (TPSA) is 21.3 Å². The Hall–Kier alpha value is -0.440. The van der Waals surface area contributed by atoms with Crippen LogP contribution in [0.25, 0.3) is 0 Å². The van der Waals surface area contributed by atoms with E-state index in [0.29, 0.717) is 17.7 Å². The lowest BCUT2D eigenvalue weighted by atomic mass is 10.3. The second kappa shape index (κ2) is 7.80. The zero-order chi connectivity index (χ0) is 10.4. The van der Waals surface area contributed by atoms with Crippen LogP contribution in [0.4, 0.5) is 0 Å². The van der Waals surface area contributed by atoms with Crippen LogP contribution in [0.2, 0.25) is 5.02 Å². The molecule has 0 spiro atoms. The highest BCUT2D eigenvalue weighted by molar-refractivity contribution is 6.32. The van der Waals surface area contributed by atoms with Crippen molar-refractivity contribution in [2.75, 3.05) is 13.2 Å². The van der Waals surface area contributed by atoms with Crippen LogP contribution in [-0.2, 0) is 0 Å². The molecule has 4 heteroatoms. The van der Waals surface area contributed by atoms with Crippen molar-refractivity contribution in [1.82, 2.24) is 5.32 Å². The van der Waals surface area contributed by atoms with Crippen molar-refractivity contribution in [2.24, 2.45) is 0 Å². The third-order valence-electron chi connectivity index (χ3n) is 1.75. The van der Waals surface area contributed by atoms with Crippen molar-refractivity contribution in [3.05, 3.63) is 29.3 Å². The molecule has 0 amide bonds. The largest absolute Gasteiger partial charge is 0.491 e. The maximum absolute atomic E-state index is 5.92. The van der Waals surface area contributed by atoms with Gasteiger partial charge in [-0.2, -0.15) is 0 Å². The summed E-state index contributed by atoms with van der Waals surface area (Å²) in [6.07, 6.45) is 0. The number of benzene rings is 1. The van der Waals surface area contributed by atoms with Gasteiger partial charge in [0.25, 0.3) is 0 Å². The molecule has 0 heterocycles. The van der Waals surface area contributed by atoms with Crippen LogP contribution < -0.4 is 10.1 Å². The first-order valence-electron chi connectivity index (χ1n) is 4.81. The number of hydrogen-bond acceptors (Lipinski definition) is 2. The second-order valence-corrected chi connectivity index (χ2v) is 3.79. The molecule has 0 saturated carbocycles. The number of hydrogen-bond donors (Lipinski definition) is 1. The van der Waals surface area contributed by atoms with Gasteiger partial charge in [0, 0.05) is 12.6 Å². The Morgan fingerprint density at radius 1 is 1.33 bits per heavy atom. The maximum atomic E-state index is 5.92. The molecule has 1 aromatic rings. The normalized spacial score (nSPS) is 9.87. The Labute approximate surface area is 102 Å². The molecule has 0 atom stereocenters. The summed E-state index contributed by atoms with van der Waals surface area (Å²) >= 11 is 5.92. The van der Waals surface area contributed by atoms with Gasteiger partial charge in [0.15, 0.2) is 0 Å². The fourth-order valence-electron chi connectivity index (χ4n) is 1.07. The molecular formula is C11H17Cl2NO. The summed E-state index contributed by atoms with van der Waals surface area (Å²) in [5.41, 5.74) is 0. The zero-order valence-electron chi connectivity index (χ0n) is 9.00. The first kappa shape index (κ1) is 14.6. The smallest absolute Gasteiger partial charge is 0.137 e. The molecule has 86 valence electrons. The van der Waals surface area contributed by atoms with E-state index in [1.807, 2.05) is 24.3 Å². The Bertz CT molecular complexity index is 279. The van der Waals surface area contributed by atoms with E-state index in [4.69, 9.17) is 16.3 Å². The fraction of sp³-hybridized carbons (Fsp3) is 0.455. The van der Waals surface area contributed by atoms with Crippen LogP contribution in [-0.4, -0.2) is 19.2 Å². The number of rotatable bonds is 5. The van der Waals surface area contributed by atoms with Gasteiger partial charge in [0.05, 0.1) is 5.02 Å². The van der Waals surface area contributed by atoms with Crippen molar-refractivity contribution in [2.45, 2.75) is 19.9 Å². The van der Waals surface area contributed by atoms with E-state index >= 15 is 0 Å².